The molecule has 0 bridgehead atoms. The van der Waals surface area contributed by atoms with Crippen LogP contribution in [-0.4, -0.2) is 73.4 Å². The molecule has 0 aliphatic heterocycles. The number of quaternary nitrogens is 1. The zero-order valence-corrected chi connectivity index (χ0v) is 48.9. The van der Waals surface area contributed by atoms with Crippen LogP contribution < -0.4 is 5.32 Å². The van der Waals surface area contributed by atoms with Crippen molar-refractivity contribution in [1.82, 2.24) is 5.32 Å². The van der Waals surface area contributed by atoms with Crippen LogP contribution in [0.25, 0.3) is 0 Å². The number of nitrogens with one attached hydrogen (secondary N) is 1. The normalized spacial score (nSPS) is 13.8. The first-order chi connectivity index (χ1) is 34.0. The monoisotopic (exact) mass is 1010 g/mol. The highest BCUT2D eigenvalue weighted by molar-refractivity contribution is 7.47. The largest absolute Gasteiger partial charge is 0.472 e. The Hall–Kier alpha value is -0.500. The number of amides is 1. The lowest BCUT2D eigenvalue weighted by atomic mass is 10.0. The predicted molar refractivity (Wildman–Crippen MR) is 305 cm³/mol. The standard InChI is InChI=1S/C61H125N2O6P/c1-6-8-10-12-14-16-18-20-22-24-25-26-27-28-29-30-31-32-33-34-35-36-37-39-41-43-45-47-49-51-53-55-61(65)62-59(58-69-70(66,67)68-57-56-63(3,4)5)60(64)54-52-50-48-46-44-42-40-38-23-21-19-17-15-13-11-9-7-2/h59-60,64H,6-58H2,1-5H3,(H-,62,65,66,67)/p+1/t59-,60+/m0/s1. The molecule has 420 valence electrons. The van der Waals surface area contributed by atoms with Crippen LogP contribution in [0.1, 0.15) is 335 Å². The van der Waals surface area contributed by atoms with E-state index in [-0.39, 0.29) is 19.1 Å². The van der Waals surface area contributed by atoms with Crippen LogP contribution in [0.3, 0.4) is 0 Å². The Morgan fingerprint density at radius 1 is 0.429 bits per heavy atom. The molecule has 0 aliphatic carbocycles. The van der Waals surface area contributed by atoms with Crippen molar-refractivity contribution >= 4 is 13.7 Å². The van der Waals surface area contributed by atoms with Crippen LogP contribution in [0.2, 0.25) is 0 Å². The summed E-state index contributed by atoms with van der Waals surface area (Å²) >= 11 is 0. The number of aliphatic hydroxyl groups excluding tert-OH is 1. The van der Waals surface area contributed by atoms with E-state index in [1.165, 1.54) is 270 Å². The van der Waals surface area contributed by atoms with Crippen molar-refractivity contribution in [2.45, 2.75) is 347 Å². The van der Waals surface area contributed by atoms with Gasteiger partial charge in [-0.1, -0.05) is 316 Å². The Labute approximate surface area is 438 Å². The van der Waals surface area contributed by atoms with Crippen LogP contribution >= 0.6 is 7.82 Å². The molecule has 0 aromatic rings. The van der Waals surface area contributed by atoms with Gasteiger partial charge in [-0.05, 0) is 12.8 Å². The quantitative estimate of drug-likeness (QED) is 0.0318. The smallest absolute Gasteiger partial charge is 0.391 e. The second-order valence-electron chi connectivity index (χ2n) is 23.2. The summed E-state index contributed by atoms with van der Waals surface area (Å²) in [4.78, 5) is 23.4. The van der Waals surface area contributed by atoms with E-state index in [2.05, 4.69) is 19.2 Å². The van der Waals surface area contributed by atoms with Crippen molar-refractivity contribution in [1.29, 1.82) is 0 Å². The second-order valence-corrected chi connectivity index (χ2v) is 24.6. The molecule has 70 heavy (non-hydrogen) atoms. The fourth-order valence-corrected chi connectivity index (χ4v) is 10.7. The van der Waals surface area contributed by atoms with Gasteiger partial charge in [0.2, 0.25) is 5.91 Å². The lowest BCUT2D eigenvalue weighted by Crippen LogP contribution is -2.46. The number of rotatable bonds is 59. The van der Waals surface area contributed by atoms with Gasteiger partial charge in [-0.2, -0.15) is 0 Å². The summed E-state index contributed by atoms with van der Waals surface area (Å²) in [5.74, 6) is -0.135. The molecule has 0 aromatic heterocycles. The Morgan fingerprint density at radius 2 is 0.686 bits per heavy atom. The predicted octanol–water partition coefficient (Wildman–Crippen LogP) is 19.2. The van der Waals surface area contributed by atoms with Gasteiger partial charge in [-0.25, -0.2) is 4.57 Å². The minimum atomic E-state index is -4.32. The number of aliphatic hydroxyl groups is 1. The number of hydrogen-bond acceptors (Lipinski definition) is 5. The van der Waals surface area contributed by atoms with Gasteiger partial charge in [0, 0.05) is 6.42 Å². The number of carbonyl (C=O) groups excluding carboxylic acids is 1. The maximum atomic E-state index is 13.0. The highest BCUT2D eigenvalue weighted by atomic mass is 31.2. The first-order valence-corrected chi connectivity index (χ1v) is 32.9. The molecule has 1 amide bonds. The molecule has 0 fully saturated rings. The number of hydrogen-bond donors (Lipinski definition) is 3. The van der Waals surface area contributed by atoms with Crippen LogP contribution in [0.4, 0.5) is 0 Å². The van der Waals surface area contributed by atoms with Gasteiger partial charge >= 0.3 is 7.82 Å². The van der Waals surface area contributed by atoms with E-state index in [1.807, 2.05) is 21.1 Å². The third kappa shape index (κ3) is 55.3. The molecule has 0 saturated heterocycles. The number of nitrogens with zero attached hydrogens (tertiary/aromatic N) is 1. The average Bonchev–Trinajstić information content (AvgIpc) is 3.32. The van der Waals surface area contributed by atoms with E-state index < -0.39 is 20.0 Å². The Bertz CT molecular complexity index is 1100. The van der Waals surface area contributed by atoms with Gasteiger partial charge in [0.05, 0.1) is 39.9 Å². The molecule has 8 nitrogen and oxygen atoms in total. The van der Waals surface area contributed by atoms with Crippen molar-refractivity contribution in [3.8, 4) is 0 Å². The summed E-state index contributed by atoms with van der Waals surface area (Å²) in [7, 11) is 1.64. The number of phosphoric ester groups is 1. The number of unbranched alkanes of at least 4 members (excludes halogenated alkanes) is 46. The Kier molecular flexibility index (Phi) is 52.9. The molecule has 0 saturated carbocycles. The van der Waals surface area contributed by atoms with Crippen molar-refractivity contribution in [3.05, 3.63) is 0 Å². The minimum absolute atomic E-state index is 0.0792. The van der Waals surface area contributed by atoms with Gasteiger partial charge < -0.3 is 19.8 Å². The maximum absolute atomic E-state index is 13.0. The van der Waals surface area contributed by atoms with E-state index in [0.717, 1.165) is 38.5 Å². The van der Waals surface area contributed by atoms with E-state index in [4.69, 9.17) is 9.05 Å². The average molecular weight is 1010 g/mol. The zero-order chi connectivity index (χ0) is 51.3. The Morgan fingerprint density at radius 3 is 0.957 bits per heavy atom. The first kappa shape index (κ1) is 69.5. The molecule has 0 aliphatic rings. The molecular weight excluding hydrogens is 888 g/mol. The van der Waals surface area contributed by atoms with E-state index in [1.54, 1.807) is 0 Å². The van der Waals surface area contributed by atoms with Crippen molar-refractivity contribution in [3.63, 3.8) is 0 Å². The molecule has 0 rings (SSSR count). The van der Waals surface area contributed by atoms with Gasteiger partial charge in [0.25, 0.3) is 0 Å². The van der Waals surface area contributed by atoms with Crippen molar-refractivity contribution in [2.24, 2.45) is 0 Å². The fraction of sp³-hybridized carbons (Fsp3) is 0.984. The van der Waals surface area contributed by atoms with Crippen molar-refractivity contribution in [2.75, 3.05) is 40.9 Å². The first-order valence-electron chi connectivity index (χ1n) is 31.4. The molecule has 0 spiro atoms. The molecule has 0 heterocycles. The molecule has 3 atom stereocenters. The molecule has 1 unspecified atom stereocenters. The van der Waals surface area contributed by atoms with Crippen LogP contribution in [0.5, 0.6) is 0 Å². The molecule has 0 aromatic carbocycles. The van der Waals surface area contributed by atoms with Gasteiger partial charge in [0.1, 0.15) is 13.2 Å². The van der Waals surface area contributed by atoms with E-state index in [0.29, 0.717) is 23.9 Å². The molecule has 0 radical (unpaired) electrons. The van der Waals surface area contributed by atoms with E-state index in [9.17, 15) is 19.4 Å². The summed E-state index contributed by atoms with van der Waals surface area (Å²) in [5, 5.41) is 14.1. The third-order valence-electron chi connectivity index (χ3n) is 14.9. The molecule has 9 heteroatoms. The lowest BCUT2D eigenvalue weighted by molar-refractivity contribution is -0.870. The highest BCUT2D eigenvalue weighted by Gasteiger charge is 2.28. The van der Waals surface area contributed by atoms with Gasteiger partial charge in [0.15, 0.2) is 0 Å². The van der Waals surface area contributed by atoms with Gasteiger partial charge in [-0.15, -0.1) is 0 Å². The van der Waals surface area contributed by atoms with Gasteiger partial charge in [-0.3, -0.25) is 13.8 Å². The highest BCUT2D eigenvalue weighted by Crippen LogP contribution is 2.43. The number of carbonyl (C=O) groups is 1. The van der Waals surface area contributed by atoms with Crippen LogP contribution in [0, 0.1) is 0 Å². The SMILES string of the molecule is CCCCCCCCCCCCCCCCCCCCCCCCCCCCCCCCCC(=O)N[C@@H](COP(=O)(O)OCC[N+](C)(C)C)[C@H](O)CCCCCCCCCCCCCCCCCCC. The second kappa shape index (κ2) is 53.3. The topological polar surface area (TPSA) is 105 Å². The third-order valence-corrected chi connectivity index (χ3v) is 15.8. The van der Waals surface area contributed by atoms with Crippen molar-refractivity contribution < 1.29 is 32.9 Å². The molecular formula is C61H126N2O6P+. The summed E-state index contributed by atoms with van der Waals surface area (Å²) in [6.07, 6.45) is 64.7. The summed E-state index contributed by atoms with van der Waals surface area (Å²) in [6, 6.07) is -0.755. The van der Waals surface area contributed by atoms with E-state index >= 15 is 0 Å². The lowest BCUT2D eigenvalue weighted by Gasteiger charge is -2.26. The molecule has 3 N–H and O–H groups in total. The number of likely N-dealkylation sites (N-methyl/N-ethyl adjacent to an activating group) is 1. The minimum Gasteiger partial charge on any atom is -0.391 e. The maximum Gasteiger partial charge on any atom is 0.472 e. The Balaban J connectivity index is 3.98. The fourth-order valence-electron chi connectivity index (χ4n) is 9.93. The number of phosphoric acid groups is 1. The van der Waals surface area contributed by atoms with Crippen LogP contribution in [-0.2, 0) is 18.4 Å². The summed E-state index contributed by atoms with van der Waals surface area (Å²) in [5.41, 5.74) is 0. The summed E-state index contributed by atoms with van der Waals surface area (Å²) in [6.45, 7) is 4.95. The summed E-state index contributed by atoms with van der Waals surface area (Å²) < 4.78 is 23.8. The van der Waals surface area contributed by atoms with Crippen LogP contribution in [0.15, 0.2) is 0 Å². The zero-order valence-electron chi connectivity index (χ0n) is 48.1.